The summed E-state index contributed by atoms with van der Waals surface area (Å²) in [6.07, 6.45) is 3.98. The molecule has 0 spiro atoms. The average Bonchev–Trinajstić information content (AvgIpc) is 1.91. The highest BCUT2D eigenvalue weighted by molar-refractivity contribution is 8.09. The van der Waals surface area contributed by atoms with E-state index in [0.717, 1.165) is 0 Å². The second kappa shape index (κ2) is 4.07. The Bertz CT molecular complexity index is 119. The van der Waals surface area contributed by atoms with Crippen molar-refractivity contribution < 1.29 is 0 Å². The second-order valence-corrected chi connectivity index (χ2v) is 4.10. The van der Waals surface area contributed by atoms with E-state index in [0.29, 0.717) is 0 Å². The zero-order chi connectivity index (χ0) is 6.53. The van der Waals surface area contributed by atoms with Crippen molar-refractivity contribution in [3.63, 3.8) is 0 Å². The molecule has 1 saturated heterocycles. The molecule has 0 aromatic heterocycles. The van der Waals surface area contributed by atoms with Crippen LogP contribution in [0.3, 0.4) is 0 Å². The quantitative estimate of drug-likeness (QED) is 0.575. The highest BCUT2D eigenvalue weighted by Gasteiger charge is 2.03. The summed E-state index contributed by atoms with van der Waals surface area (Å²) in [5.74, 6) is 3.76. The molecule has 2 heteroatoms. The van der Waals surface area contributed by atoms with Crippen LogP contribution in [-0.4, -0.2) is 17.3 Å². The van der Waals surface area contributed by atoms with E-state index in [-0.39, 0.29) is 0 Å². The lowest BCUT2D eigenvalue weighted by Crippen LogP contribution is -1.96. The Kier molecular flexibility index (Phi) is 3.30. The van der Waals surface area contributed by atoms with Crippen molar-refractivity contribution in [3.8, 4) is 0 Å². The zero-order valence-corrected chi connectivity index (χ0v) is 6.93. The first kappa shape index (κ1) is 7.29. The first-order chi connectivity index (χ1) is 4.43. The van der Waals surface area contributed by atoms with E-state index in [1.165, 1.54) is 22.2 Å². The molecular formula is C7H10S2. The topological polar surface area (TPSA) is 0 Å². The molecule has 0 radical (unpaired) electrons. The first-order valence-electron chi connectivity index (χ1n) is 2.95. The van der Waals surface area contributed by atoms with Gasteiger partial charge in [-0.05, 0) is 4.91 Å². The molecule has 50 valence electrons. The number of rotatable bonds is 1. The van der Waals surface area contributed by atoms with Crippen LogP contribution in [0, 0.1) is 0 Å². The highest BCUT2D eigenvalue weighted by atomic mass is 32.2. The Morgan fingerprint density at radius 1 is 1.44 bits per heavy atom. The van der Waals surface area contributed by atoms with Crippen LogP contribution in [0.4, 0.5) is 0 Å². The lowest BCUT2D eigenvalue weighted by Gasteiger charge is -2.11. The van der Waals surface area contributed by atoms with Crippen LogP contribution in [0.5, 0.6) is 0 Å². The molecule has 0 N–H and O–H groups in total. The van der Waals surface area contributed by atoms with Gasteiger partial charge in [0.15, 0.2) is 0 Å². The zero-order valence-electron chi connectivity index (χ0n) is 5.30. The fraction of sp³-hybridized carbons (Fsp3) is 0.429. The summed E-state index contributed by atoms with van der Waals surface area (Å²) in [6, 6.07) is 0. The predicted octanol–water partition coefficient (Wildman–Crippen LogP) is 2.54. The molecule has 0 bridgehead atoms. The predicted molar refractivity (Wildman–Crippen MR) is 48.1 cm³/mol. The molecule has 0 saturated carbocycles. The third-order valence-electron chi connectivity index (χ3n) is 1.06. The maximum absolute atomic E-state index is 3.66. The molecule has 0 aromatic rings. The third-order valence-corrected chi connectivity index (χ3v) is 3.57. The Morgan fingerprint density at radius 3 is 2.89 bits per heavy atom. The third kappa shape index (κ3) is 2.50. The maximum Gasteiger partial charge on any atom is 0.0244 e. The molecule has 1 aliphatic heterocycles. The van der Waals surface area contributed by atoms with E-state index in [1.807, 2.05) is 29.6 Å². The molecule has 1 fully saturated rings. The Labute approximate surface area is 64.8 Å². The molecule has 1 heterocycles. The fourth-order valence-corrected chi connectivity index (χ4v) is 2.96. The van der Waals surface area contributed by atoms with E-state index < -0.39 is 0 Å². The van der Waals surface area contributed by atoms with Gasteiger partial charge in [-0.25, -0.2) is 0 Å². The van der Waals surface area contributed by atoms with Crippen molar-refractivity contribution >= 4 is 23.5 Å². The highest BCUT2D eigenvalue weighted by Crippen LogP contribution is 2.26. The Hall–Kier alpha value is 0.180. The normalized spacial score (nSPS) is 24.2. The van der Waals surface area contributed by atoms with Crippen LogP contribution < -0.4 is 0 Å². The second-order valence-electron chi connectivity index (χ2n) is 1.77. The van der Waals surface area contributed by atoms with Gasteiger partial charge in [-0.3, -0.25) is 0 Å². The van der Waals surface area contributed by atoms with Gasteiger partial charge in [0.2, 0.25) is 0 Å². The van der Waals surface area contributed by atoms with Crippen molar-refractivity contribution in [2.24, 2.45) is 0 Å². The Morgan fingerprint density at radius 2 is 2.33 bits per heavy atom. The minimum Gasteiger partial charge on any atom is -0.156 e. The SMILES string of the molecule is C=CC=C1CSCCS1. The van der Waals surface area contributed by atoms with Gasteiger partial charge in [0.05, 0.1) is 0 Å². The van der Waals surface area contributed by atoms with Crippen LogP contribution in [0.1, 0.15) is 0 Å². The Balaban J connectivity index is 2.39. The van der Waals surface area contributed by atoms with Crippen LogP contribution >= 0.6 is 23.5 Å². The van der Waals surface area contributed by atoms with Crippen LogP contribution in [-0.2, 0) is 0 Å². The summed E-state index contributed by atoms with van der Waals surface area (Å²) < 4.78 is 0. The molecule has 0 aromatic carbocycles. The molecule has 9 heavy (non-hydrogen) atoms. The lowest BCUT2D eigenvalue weighted by atomic mass is 10.5. The van der Waals surface area contributed by atoms with Crippen molar-refractivity contribution in [1.82, 2.24) is 0 Å². The van der Waals surface area contributed by atoms with E-state index in [1.54, 1.807) is 0 Å². The molecule has 0 nitrogen and oxygen atoms in total. The molecule has 0 amide bonds. The largest absolute Gasteiger partial charge is 0.156 e. The van der Waals surface area contributed by atoms with Gasteiger partial charge < -0.3 is 0 Å². The summed E-state index contributed by atoms with van der Waals surface area (Å²) in [7, 11) is 0. The van der Waals surface area contributed by atoms with Gasteiger partial charge in [0.25, 0.3) is 0 Å². The molecule has 0 atom stereocenters. The van der Waals surface area contributed by atoms with Gasteiger partial charge >= 0.3 is 0 Å². The minimum atomic E-state index is 1.19. The molecular weight excluding hydrogens is 148 g/mol. The van der Waals surface area contributed by atoms with E-state index in [9.17, 15) is 0 Å². The number of thioether (sulfide) groups is 2. The average molecular weight is 158 g/mol. The summed E-state index contributed by atoms with van der Waals surface area (Å²) in [5, 5.41) is 0. The first-order valence-corrected chi connectivity index (χ1v) is 5.09. The number of hydrogen-bond acceptors (Lipinski definition) is 2. The summed E-state index contributed by atoms with van der Waals surface area (Å²) >= 11 is 3.96. The van der Waals surface area contributed by atoms with Gasteiger partial charge in [0.1, 0.15) is 0 Å². The van der Waals surface area contributed by atoms with E-state index in [4.69, 9.17) is 0 Å². The van der Waals surface area contributed by atoms with Crippen molar-refractivity contribution in [3.05, 3.63) is 23.6 Å². The molecule has 0 aliphatic carbocycles. The summed E-state index contributed by atoms with van der Waals surface area (Å²) in [5.41, 5.74) is 0. The molecule has 0 unspecified atom stereocenters. The van der Waals surface area contributed by atoms with Crippen LogP contribution in [0.25, 0.3) is 0 Å². The summed E-state index contributed by atoms with van der Waals surface area (Å²) in [6.45, 7) is 3.66. The van der Waals surface area contributed by atoms with E-state index in [2.05, 4.69) is 12.7 Å². The molecule has 1 aliphatic rings. The number of hydrogen-bond donors (Lipinski definition) is 0. The fourth-order valence-electron chi connectivity index (χ4n) is 0.674. The minimum absolute atomic E-state index is 1.19. The molecule has 1 rings (SSSR count). The van der Waals surface area contributed by atoms with Crippen molar-refractivity contribution in [1.29, 1.82) is 0 Å². The van der Waals surface area contributed by atoms with E-state index >= 15 is 0 Å². The van der Waals surface area contributed by atoms with Crippen LogP contribution in [0.2, 0.25) is 0 Å². The van der Waals surface area contributed by atoms with Gasteiger partial charge in [-0.15, -0.1) is 11.8 Å². The smallest absolute Gasteiger partial charge is 0.0244 e. The van der Waals surface area contributed by atoms with Crippen molar-refractivity contribution in [2.75, 3.05) is 17.3 Å². The lowest BCUT2D eigenvalue weighted by molar-refractivity contribution is 1.49. The number of allylic oxidation sites excluding steroid dienone is 2. The monoisotopic (exact) mass is 158 g/mol. The van der Waals surface area contributed by atoms with Gasteiger partial charge in [-0.2, -0.15) is 11.8 Å². The van der Waals surface area contributed by atoms with Gasteiger partial charge in [-0.1, -0.05) is 18.7 Å². The maximum atomic E-state index is 3.66. The summed E-state index contributed by atoms with van der Waals surface area (Å²) in [4.78, 5) is 1.47. The van der Waals surface area contributed by atoms with Gasteiger partial charge in [0, 0.05) is 17.3 Å². The van der Waals surface area contributed by atoms with Crippen molar-refractivity contribution in [2.45, 2.75) is 0 Å². The standard InChI is InChI=1S/C7H10S2/c1-2-3-7-6-8-4-5-9-7/h2-3H,1,4-6H2. The van der Waals surface area contributed by atoms with Crippen LogP contribution in [0.15, 0.2) is 23.6 Å².